The fraction of sp³-hybridized carbons (Fsp3) is 0. The van der Waals surface area contributed by atoms with Crippen LogP contribution in [-0.2, 0) is 0 Å². The minimum absolute atomic E-state index is 0.708. The molecule has 0 saturated heterocycles. The van der Waals surface area contributed by atoms with Gasteiger partial charge in [0.1, 0.15) is 0 Å². The second-order valence-electron chi connectivity index (χ2n) is 14.2. The third-order valence-corrected chi connectivity index (χ3v) is 11.0. The van der Waals surface area contributed by atoms with Crippen molar-refractivity contribution in [3.8, 4) is 56.4 Å². The van der Waals surface area contributed by atoms with Crippen LogP contribution in [0, 0.1) is 0 Å². The molecule has 3 aromatic heterocycles. The fourth-order valence-corrected chi connectivity index (χ4v) is 8.28. The second-order valence-corrected chi connectivity index (χ2v) is 14.2. The predicted octanol–water partition coefficient (Wildman–Crippen LogP) is 13.3. The van der Waals surface area contributed by atoms with Crippen molar-refractivity contribution in [2.75, 3.05) is 0 Å². The molecule has 0 aliphatic heterocycles. The molecule has 0 N–H and O–H groups in total. The Balaban J connectivity index is 0.967. The third kappa shape index (κ3) is 5.31. The molecule has 11 aromatic rings. The largest absolute Gasteiger partial charge is 0.309 e. The fourth-order valence-electron chi connectivity index (χ4n) is 8.28. The number of nitrogens with zero attached hydrogens (tertiary/aromatic N) is 4. The van der Waals surface area contributed by atoms with E-state index in [4.69, 9.17) is 9.97 Å². The van der Waals surface area contributed by atoms with Crippen LogP contribution in [0.2, 0.25) is 0 Å². The van der Waals surface area contributed by atoms with E-state index in [-0.39, 0.29) is 0 Å². The SMILES string of the molecule is c1ccc(-c2cc(-c3ccccc3)nc(-c3ccc(-c4ccc5c(c4)c4ccccc4n5-c4ccc(-n5c6ccccc6c6ccccc65)cc4)cc3)n2)cc1. The summed E-state index contributed by atoms with van der Waals surface area (Å²) < 4.78 is 4.75. The normalized spacial score (nSPS) is 11.6. The summed E-state index contributed by atoms with van der Waals surface area (Å²) in [7, 11) is 0. The summed E-state index contributed by atoms with van der Waals surface area (Å²) in [5.74, 6) is 0.708. The van der Waals surface area contributed by atoms with Crippen LogP contribution >= 0.6 is 0 Å². The van der Waals surface area contributed by atoms with Gasteiger partial charge in [0.2, 0.25) is 0 Å². The standard InChI is InChI=1S/C52H34N4/c1-3-13-36(14-4-1)46-34-47(37-15-5-2-6-16-37)54-52(53-46)38-25-23-35(24-26-38)39-27-32-51-45(33-39)44-19-9-12-22-50(44)56(51)41-30-28-40(29-31-41)55-48-20-10-7-17-42(48)43-18-8-11-21-49(43)55/h1-34H. The van der Waals surface area contributed by atoms with Crippen LogP contribution in [0.3, 0.4) is 0 Å². The number of hydrogen-bond acceptors (Lipinski definition) is 2. The summed E-state index contributed by atoms with van der Waals surface area (Å²) in [6.45, 7) is 0. The molecule has 0 fully saturated rings. The average Bonchev–Trinajstić information content (AvgIpc) is 3.80. The van der Waals surface area contributed by atoms with Crippen LogP contribution in [-0.4, -0.2) is 19.1 Å². The molecule has 0 aliphatic rings. The Morgan fingerprint density at radius 2 is 0.661 bits per heavy atom. The van der Waals surface area contributed by atoms with E-state index in [9.17, 15) is 0 Å². The Morgan fingerprint density at radius 3 is 1.16 bits per heavy atom. The summed E-state index contributed by atoms with van der Waals surface area (Å²) in [5.41, 5.74) is 14.3. The monoisotopic (exact) mass is 714 g/mol. The highest BCUT2D eigenvalue weighted by Crippen LogP contribution is 2.37. The van der Waals surface area contributed by atoms with Gasteiger partial charge >= 0.3 is 0 Å². The summed E-state index contributed by atoms with van der Waals surface area (Å²) in [6.07, 6.45) is 0. The highest BCUT2D eigenvalue weighted by Gasteiger charge is 2.16. The smallest absolute Gasteiger partial charge is 0.160 e. The first-order valence-corrected chi connectivity index (χ1v) is 19.0. The molecule has 3 heterocycles. The van der Waals surface area contributed by atoms with Crippen LogP contribution in [0.5, 0.6) is 0 Å². The van der Waals surface area contributed by atoms with Crippen LogP contribution < -0.4 is 0 Å². The lowest BCUT2D eigenvalue weighted by Crippen LogP contribution is -1.97. The zero-order valence-electron chi connectivity index (χ0n) is 30.4. The lowest BCUT2D eigenvalue weighted by atomic mass is 10.0. The zero-order chi connectivity index (χ0) is 37.0. The van der Waals surface area contributed by atoms with Crippen LogP contribution in [0.1, 0.15) is 0 Å². The van der Waals surface area contributed by atoms with Gasteiger partial charge in [-0.05, 0) is 71.8 Å². The molecular formula is C52H34N4. The molecule has 0 unspecified atom stereocenters. The predicted molar refractivity (Wildman–Crippen MR) is 232 cm³/mol. The number of fused-ring (bicyclic) bond motifs is 6. The maximum Gasteiger partial charge on any atom is 0.160 e. The highest BCUT2D eigenvalue weighted by molar-refractivity contribution is 6.11. The van der Waals surface area contributed by atoms with Gasteiger partial charge in [0, 0.05) is 49.6 Å². The number of aromatic nitrogens is 4. The van der Waals surface area contributed by atoms with E-state index < -0.39 is 0 Å². The van der Waals surface area contributed by atoms with E-state index >= 15 is 0 Å². The van der Waals surface area contributed by atoms with E-state index in [0.717, 1.165) is 50.6 Å². The number of para-hydroxylation sites is 3. The number of hydrogen-bond donors (Lipinski definition) is 0. The maximum absolute atomic E-state index is 5.04. The van der Waals surface area contributed by atoms with Gasteiger partial charge in [0.25, 0.3) is 0 Å². The zero-order valence-corrected chi connectivity index (χ0v) is 30.4. The molecule has 11 rings (SSSR count). The van der Waals surface area contributed by atoms with Gasteiger partial charge in [-0.1, -0.05) is 146 Å². The minimum atomic E-state index is 0.708. The maximum atomic E-state index is 5.04. The van der Waals surface area contributed by atoms with Crippen molar-refractivity contribution in [2.24, 2.45) is 0 Å². The van der Waals surface area contributed by atoms with Gasteiger partial charge in [-0.3, -0.25) is 0 Å². The highest BCUT2D eigenvalue weighted by atomic mass is 15.0. The quantitative estimate of drug-likeness (QED) is 0.172. The molecular weight excluding hydrogens is 681 g/mol. The first-order chi connectivity index (χ1) is 27.8. The Bertz CT molecular complexity index is 3100. The first kappa shape index (κ1) is 31.9. The molecule has 0 atom stereocenters. The number of benzene rings is 8. The van der Waals surface area contributed by atoms with Crippen molar-refractivity contribution in [3.05, 3.63) is 206 Å². The van der Waals surface area contributed by atoms with Crippen molar-refractivity contribution < 1.29 is 0 Å². The summed E-state index contributed by atoms with van der Waals surface area (Å²) in [6, 6.07) is 73.2. The number of rotatable bonds is 6. The molecule has 0 radical (unpaired) electrons. The van der Waals surface area contributed by atoms with E-state index in [2.05, 4.69) is 179 Å². The molecule has 0 saturated carbocycles. The van der Waals surface area contributed by atoms with E-state index in [1.807, 2.05) is 36.4 Å². The topological polar surface area (TPSA) is 35.6 Å². The Morgan fingerprint density at radius 1 is 0.268 bits per heavy atom. The molecule has 0 aliphatic carbocycles. The molecule has 4 nitrogen and oxygen atoms in total. The Kier molecular flexibility index (Phi) is 7.46. The summed E-state index contributed by atoms with van der Waals surface area (Å²) >= 11 is 0. The van der Waals surface area contributed by atoms with E-state index in [0.29, 0.717) is 5.82 Å². The Labute approximate surface area is 324 Å². The Hall–Kier alpha value is -7.56. The third-order valence-electron chi connectivity index (χ3n) is 11.0. The van der Waals surface area contributed by atoms with Crippen molar-refractivity contribution in [2.45, 2.75) is 0 Å². The van der Waals surface area contributed by atoms with Crippen molar-refractivity contribution in [3.63, 3.8) is 0 Å². The van der Waals surface area contributed by atoms with E-state index in [1.54, 1.807) is 0 Å². The lowest BCUT2D eigenvalue weighted by molar-refractivity contribution is 1.14. The average molecular weight is 715 g/mol. The second kappa shape index (κ2) is 13.1. The van der Waals surface area contributed by atoms with Crippen molar-refractivity contribution in [1.29, 1.82) is 0 Å². The summed E-state index contributed by atoms with van der Waals surface area (Å²) in [4.78, 5) is 10.1. The first-order valence-electron chi connectivity index (χ1n) is 19.0. The van der Waals surface area contributed by atoms with Crippen LogP contribution in [0.15, 0.2) is 206 Å². The van der Waals surface area contributed by atoms with Crippen molar-refractivity contribution in [1.82, 2.24) is 19.1 Å². The minimum Gasteiger partial charge on any atom is -0.309 e. The molecule has 4 heteroatoms. The molecule has 262 valence electrons. The van der Waals surface area contributed by atoms with Gasteiger partial charge in [0.15, 0.2) is 5.82 Å². The molecule has 0 spiro atoms. The molecule has 56 heavy (non-hydrogen) atoms. The van der Waals surface area contributed by atoms with Crippen molar-refractivity contribution >= 4 is 43.6 Å². The van der Waals surface area contributed by atoms with Crippen LogP contribution in [0.25, 0.3) is 100 Å². The molecule has 0 bridgehead atoms. The molecule has 0 amide bonds. The van der Waals surface area contributed by atoms with Crippen LogP contribution in [0.4, 0.5) is 0 Å². The van der Waals surface area contributed by atoms with Gasteiger partial charge in [-0.15, -0.1) is 0 Å². The van der Waals surface area contributed by atoms with Gasteiger partial charge in [0.05, 0.1) is 33.5 Å². The van der Waals surface area contributed by atoms with E-state index in [1.165, 1.54) is 43.6 Å². The summed E-state index contributed by atoms with van der Waals surface area (Å²) in [5, 5.41) is 4.98. The lowest BCUT2D eigenvalue weighted by Gasteiger charge is -2.12. The van der Waals surface area contributed by atoms with Gasteiger partial charge in [-0.2, -0.15) is 0 Å². The molecule has 8 aromatic carbocycles. The van der Waals surface area contributed by atoms with Gasteiger partial charge in [-0.25, -0.2) is 9.97 Å². The van der Waals surface area contributed by atoms with Gasteiger partial charge < -0.3 is 9.13 Å².